The molecule has 6 heteroatoms. The highest BCUT2D eigenvalue weighted by Gasteiger charge is 2.32. The Bertz CT molecular complexity index is 963. The van der Waals surface area contributed by atoms with E-state index in [4.69, 9.17) is 0 Å². The number of rotatable bonds is 3. The molecule has 0 aliphatic heterocycles. The Morgan fingerprint density at radius 2 is 2.20 bits per heavy atom. The van der Waals surface area contributed by atoms with E-state index in [1.165, 1.54) is 0 Å². The minimum Gasteiger partial charge on any atom is -0.386 e. The maximum absolute atomic E-state index is 12.7. The summed E-state index contributed by atoms with van der Waals surface area (Å²) in [6, 6.07) is 9.24. The molecule has 0 saturated carbocycles. The zero-order valence-corrected chi connectivity index (χ0v) is 14.2. The molecule has 0 unspecified atom stereocenters. The number of aryl methyl sites for hydroxylation is 2. The molecule has 0 radical (unpaired) electrons. The first-order chi connectivity index (χ1) is 12.1. The van der Waals surface area contributed by atoms with Crippen LogP contribution in [-0.2, 0) is 13.0 Å². The molecule has 6 nitrogen and oxygen atoms in total. The third kappa shape index (κ3) is 2.59. The second-order valence-corrected chi connectivity index (χ2v) is 6.42. The van der Waals surface area contributed by atoms with Crippen molar-refractivity contribution in [2.75, 3.05) is 0 Å². The van der Waals surface area contributed by atoms with E-state index >= 15 is 0 Å². The number of hydrogen-bond acceptors (Lipinski definition) is 4. The molecule has 1 aliphatic rings. The third-order valence-electron chi connectivity index (χ3n) is 4.86. The monoisotopic (exact) mass is 336 g/mol. The summed E-state index contributed by atoms with van der Waals surface area (Å²) in [5, 5.41) is 18.6. The Morgan fingerprint density at radius 3 is 2.96 bits per heavy atom. The fourth-order valence-corrected chi connectivity index (χ4v) is 3.51. The standard InChI is InChI=1S/C19H20N4O2/c1-3-23-18-13(10-20-23)8-15(11(2)21-18)19(25)22-16-9-12-6-4-5-7-14(12)17(16)24/h4-8,10,16-17,24H,3,9H2,1-2H3,(H,22,25)/t16-,17-/m0/s1. The normalized spacial score (nSPS) is 19.2. The van der Waals surface area contributed by atoms with Gasteiger partial charge in [-0.3, -0.25) is 4.79 Å². The van der Waals surface area contributed by atoms with Gasteiger partial charge < -0.3 is 10.4 Å². The van der Waals surface area contributed by atoms with Crippen LogP contribution in [0.1, 0.15) is 40.2 Å². The highest BCUT2D eigenvalue weighted by molar-refractivity contribution is 5.98. The lowest BCUT2D eigenvalue weighted by Gasteiger charge is -2.17. The van der Waals surface area contributed by atoms with E-state index in [1.54, 1.807) is 10.9 Å². The Morgan fingerprint density at radius 1 is 1.40 bits per heavy atom. The number of amides is 1. The van der Waals surface area contributed by atoms with Gasteiger partial charge in [-0.15, -0.1) is 0 Å². The molecule has 25 heavy (non-hydrogen) atoms. The summed E-state index contributed by atoms with van der Waals surface area (Å²) in [5.74, 6) is -0.215. The molecule has 1 aromatic carbocycles. The zero-order chi connectivity index (χ0) is 17.6. The van der Waals surface area contributed by atoms with Gasteiger partial charge >= 0.3 is 0 Å². The van der Waals surface area contributed by atoms with E-state index in [0.717, 1.165) is 28.7 Å². The van der Waals surface area contributed by atoms with E-state index in [9.17, 15) is 9.90 Å². The number of carbonyl (C=O) groups excluding carboxylic acids is 1. The van der Waals surface area contributed by atoms with Crippen LogP contribution in [0.2, 0.25) is 0 Å². The lowest BCUT2D eigenvalue weighted by atomic mass is 10.1. The Labute approximate surface area is 145 Å². The van der Waals surface area contributed by atoms with Crippen molar-refractivity contribution in [2.45, 2.75) is 39.0 Å². The van der Waals surface area contributed by atoms with Crippen LogP contribution >= 0.6 is 0 Å². The van der Waals surface area contributed by atoms with E-state index < -0.39 is 6.10 Å². The number of aromatic nitrogens is 3. The number of pyridine rings is 1. The maximum atomic E-state index is 12.7. The van der Waals surface area contributed by atoms with Crippen LogP contribution in [0.4, 0.5) is 0 Å². The van der Waals surface area contributed by atoms with Crippen molar-refractivity contribution in [3.05, 3.63) is 58.9 Å². The number of nitrogens with zero attached hydrogens (tertiary/aromatic N) is 3. The highest BCUT2D eigenvalue weighted by Crippen LogP contribution is 2.31. The second kappa shape index (κ2) is 5.97. The van der Waals surface area contributed by atoms with E-state index in [1.807, 2.05) is 44.2 Å². The van der Waals surface area contributed by atoms with Crippen LogP contribution in [0, 0.1) is 6.92 Å². The minimum atomic E-state index is -0.681. The smallest absolute Gasteiger partial charge is 0.253 e. The molecule has 2 N–H and O–H groups in total. The highest BCUT2D eigenvalue weighted by atomic mass is 16.3. The van der Waals surface area contributed by atoms with E-state index in [2.05, 4.69) is 15.4 Å². The third-order valence-corrected chi connectivity index (χ3v) is 4.86. The van der Waals surface area contributed by atoms with Gasteiger partial charge in [0.2, 0.25) is 0 Å². The van der Waals surface area contributed by atoms with E-state index in [-0.39, 0.29) is 11.9 Å². The molecule has 1 aliphatic carbocycles. The van der Waals surface area contributed by atoms with Gasteiger partial charge in [0.05, 0.1) is 29.6 Å². The van der Waals surface area contributed by atoms with Gasteiger partial charge in [0.25, 0.3) is 5.91 Å². The number of fused-ring (bicyclic) bond motifs is 2. The fraction of sp³-hybridized carbons (Fsp3) is 0.316. The first kappa shape index (κ1) is 15.8. The summed E-state index contributed by atoms with van der Waals surface area (Å²) < 4.78 is 1.81. The van der Waals surface area contributed by atoms with Crippen LogP contribution in [-0.4, -0.2) is 31.8 Å². The van der Waals surface area contributed by atoms with Crippen molar-refractivity contribution in [3.8, 4) is 0 Å². The minimum absolute atomic E-state index is 0.215. The van der Waals surface area contributed by atoms with Crippen LogP contribution in [0.15, 0.2) is 36.5 Å². The average molecular weight is 336 g/mol. The van der Waals surface area contributed by atoms with Gasteiger partial charge in [-0.25, -0.2) is 9.67 Å². The topological polar surface area (TPSA) is 80.0 Å². The summed E-state index contributed by atoms with van der Waals surface area (Å²) in [4.78, 5) is 17.3. The first-order valence-electron chi connectivity index (χ1n) is 8.48. The Kier molecular flexibility index (Phi) is 3.77. The second-order valence-electron chi connectivity index (χ2n) is 6.42. The largest absolute Gasteiger partial charge is 0.386 e. The molecule has 2 aromatic heterocycles. The van der Waals surface area contributed by atoms with Gasteiger partial charge in [0.1, 0.15) is 0 Å². The quantitative estimate of drug-likeness (QED) is 0.768. The average Bonchev–Trinajstić information content (AvgIpc) is 3.15. The van der Waals surface area contributed by atoms with Crippen molar-refractivity contribution in [3.63, 3.8) is 0 Å². The molecule has 2 heterocycles. The molecule has 0 fully saturated rings. The molecule has 2 atom stereocenters. The van der Waals surface area contributed by atoms with Crippen molar-refractivity contribution < 1.29 is 9.90 Å². The summed E-state index contributed by atoms with van der Waals surface area (Å²) in [7, 11) is 0. The summed E-state index contributed by atoms with van der Waals surface area (Å²) in [6.45, 7) is 4.55. The first-order valence-corrected chi connectivity index (χ1v) is 8.48. The number of carbonyl (C=O) groups is 1. The van der Waals surface area contributed by atoms with Crippen LogP contribution in [0.25, 0.3) is 11.0 Å². The summed E-state index contributed by atoms with van der Waals surface area (Å²) >= 11 is 0. The predicted molar refractivity (Wildman–Crippen MR) is 94.3 cm³/mol. The Hall–Kier alpha value is -2.73. The van der Waals surface area contributed by atoms with Gasteiger partial charge in [0, 0.05) is 11.9 Å². The van der Waals surface area contributed by atoms with Crippen molar-refractivity contribution >= 4 is 16.9 Å². The molecular weight excluding hydrogens is 316 g/mol. The molecule has 0 bridgehead atoms. The maximum Gasteiger partial charge on any atom is 0.253 e. The molecular formula is C19H20N4O2. The molecule has 3 aromatic rings. The van der Waals surface area contributed by atoms with E-state index in [0.29, 0.717) is 17.7 Å². The molecule has 1 amide bonds. The predicted octanol–water partition coefficient (Wildman–Crippen LogP) is 2.15. The summed E-state index contributed by atoms with van der Waals surface area (Å²) in [6.07, 6.45) is 1.67. The fourth-order valence-electron chi connectivity index (χ4n) is 3.51. The Balaban J connectivity index is 1.60. The molecule has 0 saturated heterocycles. The lowest BCUT2D eigenvalue weighted by Crippen LogP contribution is -2.38. The van der Waals surface area contributed by atoms with Crippen molar-refractivity contribution in [1.29, 1.82) is 0 Å². The van der Waals surface area contributed by atoms with Gasteiger partial charge in [-0.2, -0.15) is 5.10 Å². The van der Waals surface area contributed by atoms with Crippen molar-refractivity contribution in [1.82, 2.24) is 20.1 Å². The van der Waals surface area contributed by atoms with Gasteiger partial charge in [0.15, 0.2) is 5.65 Å². The van der Waals surface area contributed by atoms with Gasteiger partial charge in [-0.1, -0.05) is 24.3 Å². The van der Waals surface area contributed by atoms with Crippen LogP contribution < -0.4 is 5.32 Å². The number of aliphatic hydroxyl groups is 1. The number of nitrogens with one attached hydrogen (secondary N) is 1. The van der Waals surface area contributed by atoms with Crippen molar-refractivity contribution in [2.24, 2.45) is 0 Å². The molecule has 0 spiro atoms. The molecule has 128 valence electrons. The number of hydrogen-bond donors (Lipinski definition) is 2. The zero-order valence-electron chi connectivity index (χ0n) is 14.2. The lowest BCUT2D eigenvalue weighted by molar-refractivity contribution is 0.0857. The number of aliphatic hydroxyl groups excluding tert-OH is 1. The van der Waals surface area contributed by atoms with Crippen LogP contribution in [0.3, 0.4) is 0 Å². The number of benzene rings is 1. The summed E-state index contributed by atoms with van der Waals surface area (Å²) in [5.41, 5.74) is 3.93. The van der Waals surface area contributed by atoms with Gasteiger partial charge in [-0.05, 0) is 37.5 Å². The SMILES string of the molecule is CCn1ncc2cc(C(=O)N[C@H]3Cc4ccccc4[C@@H]3O)c(C)nc21. The van der Waals surface area contributed by atoms with Crippen LogP contribution in [0.5, 0.6) is 0 Å². The molecule has 4 rings (SSSR count).